The van der Waals surface area contributed by atoms with Gasteiger partial charge in [-0.05, 0) is 38.5 Å². The van der Waals surface area contributed by atoms with Gasteiger partial charge in [-0.1, -0.05) is 64.8 Å². The van der Waals surface area contributed by atoms with E-state index in [0.717, 1.165) is 11.1 Å². The molecule has 0 bridgehead atoms. The molecular formula is C24H24N4O2. The number of aromatic nitrogens is 3. The molecule has 0 saturated heterocycles. The van der Waals surface area contributed by atoms with Crippen LogP contribution in [0.2, 0.25) is 0 Å². The second kappa shape index (κ2) is 8.37. The van der Waals surface area contributed by atoms with Crippen molar-refractivity contribution in [1.82, 2.24) is 20.0 Å². The summed E-state index contributed by atoms with van der Waals surface area (Å²) in [6.45, 7) is 6.22. The lowest BCUT2D eigenvalue weighted by molar-refractivity contribution is -0.122. The Labute approximate surface area is 175 Å². The summed E-state index contributed by atoms with van der Waals surface area (Å²) in [6, 6.07) is 19.7. The van der Waals surface area contributed by atoms with Crippen LogP contribution in [0.25, 0.3) is 23.0 Å². The summed E-state index contributed by atoms with van der Waals surface area (Å²) in [7, 11) is 0. The molecule has 0 fully saturated rings. The van der Waals surface area contributed by atoms with Gasteiger partial charge in [0.1, 0.15) is 12.2 Å². The van der Waals surface area contributed by atoms with Crippen molar-refractivity contribution < 1.29 is 9.32 Å². The average molecular weight is 400 g/mol. The Balaban J connectivity index is 1.46. The van der Waals surface area contributed by atoms with Crippen molar-refractivity contribution in [3.8, 4) is 23.0 Å². The monoisotopic (exact) mass is 400 g/mol. The maximum atomic E-state index is 12.6. The molecule has 0 aliphatic carbocycles. The molecule has 1 unspecified atom stereocenters. The lowest BCUT2D eigenvalue weighted by atomic mass is 10.1. The fraction of sp³-hybridized carbons (Fsp3) is 0.208. The predicted octanol–water partition coefficient (Wildman–Crippen LogP) is 4.70. The van der Waals surface area contributed by atoms with Crippen LogP contribution in [-0.4, -0.2) is 20.6 Å². The van der Waals surface area contributed by atoms with Crippen molar-refractivity contribution in [2.24, 2.45) is 0 Å². The van der Waals surface area contributed by atoms with E-state index in [9.17, 15) is 4.79 Å². The van der Waals surface area contributed by atoms with Gasteiger partial charge in [-0.3, -0.25) is 4.79 Å². The Bertz CT molecular complexity index is 1140. The number of nitrogens with zero attached hydrogens (tertiary/aromatic N) is 3. The van der Waals surface area contributed by atoms with E-state index in [1.165, 1.54) is 11.1 Å². The van der Waals surface area contributed by atoms with E-state index < -0.39 is 0 Å². The summed E-state index contributed by atoms with van der Waals surface area (Å²) in [4.78, 5) is 17.1. The van der Waals surface area contributed by atoms with Gasteiger partial charge in [-0.25, -0.2) is 0 Å². The van der Waals surface area contributed by atoms with Gasteiger partial charge in [0.15, 0.2) is 0 Å². The van der Waals surface area contributed by atoms with Gasteiger partial charge in [0.25, 0.3) is 5.89 Å². The van der Waals surface area contributed by atoms with E-state index in [1.807, 2.05) is 92.2 Å². The lowest BCUT2D eigenvalue weighted by Gasteiger charge is -2.15. The van der Waals surface area contributed by atoms with E-state index in [2.05, 4.69) is 15.5 Å². The number of carbonyl (C=O) groups is 1. The molecule has 152 valence electrons. The van der Waals surface area contributed by atoms with Gasteiger partial charge in [-0.15, -0.1) is 0 Å². The third-order valence-corrected chi connectivity index (χ3v) is 5.05. The van der Waals surface area contributed by atoms with Crippen LogP contribution >= 0.6 is 0 Å². The third kappa shape index (κ3) is 4.33. The zero-order valence-corrected chi connectivity index (χ0v) is 17.3. The van der Waals surface area contributed by atoms with Gasteiger partial charge in [0.2, 0.25) is 11.7 Å². The van der Waals surface area contributed by atoms with Gasteiger partial charge >= 0.3 is 0 Å². The fourth-order valence-corrected chi connectivity index (χ4v) is 3.27. The van der Waals surface area contributed by atoms with Crippen molar-refractivity contribution in [2.75, 3.05) is 0 Å². The van der Waals surface area contributed by atoms with Crippen molar-refractivity contribution in [2.45, 2.75) is 33.4 Å². The molecule has 2 heterocycles. The number of hydrogen-bond acceptors (Lipinski definition) is 4. The first-order valence-electron chi connectivity index (χ1n) is 9.92. The fourth-order valence-electron chi connectivity index (χ4n) is 3.27. The van der Waals surface area contributed by atoms with Crippen LogP contribution in [-0.2, 0) is 11.3 Å². The molecule has 6 heteroatoms. The molecule has 0 radical (unpaired) electrons. The number of nitrogens with one attached hydrogen (secondary N) is 1. The molecule has 4 rings (SSSR count). The summed E-state index contributed by atoms with van der Waals surface area (Å²) in [5.41, 5.74) is 5.03. The van der Waals surface area contributed by atoms with Crippen LogP contribution in [0, 0.1) is 13.8 Å². The molecule has 6 nitrogen and oxygen atoms in total. The number of rotatable bonds is 6. The summed E-state index contributed by atoms with van der Waals surface area (Å²) < 4.78 is 7.27. The van der Waals surface area contributed by atoms with E-state index >= 15 is 0 Å². The second-order valence-electron chi connectivity index (χ2n) is 7.51. The van der Waals surface area contributed by atoms with Crippen LogP contribution < -0.4 is 5.32 Å². The molecule has 1 N–H and O–H groups in total. The smallest absolute Gasteiger partial charge is 0.274 e. The number of aryl methyl sites for hydroxylation is 2. The molecular weight excluding hydrogens is 376 g/mol. The predicted molar refractivity (Wildman–Crippen MR) is 116 cm³/mol. The van der Waals surface area contributed by atoms with Crippen LogP contribution in [0.4, 0.5) is 0 Å². The van der Waals surface area contributed by atoms with E-state index in [4.69, 9.17) is 4.52 Å². The Kier molecular flexibility index (Phi) is 5.48. The summed E-state index contributed by atoms with van der Waals surface area (Å²) in [5.74, 6) is 0.823. The number of benzene rings is 2. The minimum absolute atomic E-state index is 0.0753. The van der Waals surface area contributed by atoms with Crippen LogP contribution in [0.1, 0.15) is 29.7 Å². The molecule has 4 aromatic rings. The second-order valence-corrected chi connectivity index (χ2v) is 7.51. The summed E-state index contributed by atoms with van der Waals surface area (Å²) >= 11 is 0. The molecule has 0 spiro atoms. The summed E-state index contributed by atoms with van der Waals surface area (Å²) in [6.07, 6.45) is 1.83. The van der Waals surface area contributed by atoms with Crippen molar-refractivity contribution in [3.63, 3.8) is 0 Å². The van der Waals surface area contributed by atoms with E-state index in [0.29, 0.717) is 17.4 Å². The van der Waals surface area contributed by atoms with E-state index in [-0.39, 0.29) is 18.5 Å². The Morgan fingerprint density at radius 3 is 2.40 bits per heavy atom. The average Bonchev–Trinajstić information content (AvgIpc) is 3.38. The van der Waals surface area contributed by atoms with Crippen molar-refractivity contribution >= 4 is 5.91 Å². The molecule has 2 aromatic carbocycles. The zero-order valence-electron chi connectivity index (χ0n) is 17.3. The number of amides is 1. The Morgan fingerprint density at radius 1 is 1.03 bits per heavy atom. The van der Waals surface area contributed by atoms with Gasteiger partial charge in [-0.2, -0.15) is 4.98 Å². The van der Waals surface area contributed by atoms with Gasteiger partial charge in [0.05, 0.1) is 6.04 Å². The van der Waals surface area contributed by atoms with Crippen LogP contribution in [0.15, 0.2) is 71.4 Å². The van der Waals surface area contributed by atoms with E-state index in [1.54, 1.807) is 0 Å². The first kappa shape index (κ1) is 19.6. The van der Waals surface area contributed by atoms with Crippen molar-refractivity contribution in [1.29, 1.82) is 0 Å². The highest BCUT2D eigenvalue weighted by Crippen LogP contribution is 2.23. The minimum atomic E-state index is -0.0844. The highest BCUT2D eigenvalue weighted by Gasteiger charge is 2.16. The molecule has 0 aliphatic rings. The maximum Gasteiger partial charge on any atom is 0.274 e. The molecule has 30 heavy (non-hydrogen) atoms. The van der Waals surface area contributed by atoms with Crippen molar-refractivity contribution in [3.05, 3.63) is 83.6 Å². The van der Waals surface area contributed by atoms with Crippen LogP contribution in [0.3, 0.4) is 0 Å². The first-order valence-corrected chi connectivity index (χ1v) is 9.92. The largest absolute Gasteiger partial charge is 0.348 e. The first-order chi connectivity index (χ1) is 14.5. The Morgan fingerprint density at radius 2 is 1.70 bits per heavy atom. The standard InChI is InChI=1S/C24H24N4O2/c1-16-6-10-19(11-7-16)18(3)25-22(29)15-28-14-4-5-21(28)24-26-23(27-30-24)20-12-8-17(2)9-13-20/h4-14,18H,15H2,1-3H3,(H,25,29). The normalized spacial score (nSPS) is 12.0. The molecule has 1 atom stereocenters. The summed E-state index contributed by atoms with van der Waals surface area (Å²) in [5, 5.41) is 7.13. The van der Waals surface area contributed by atoms with Crippen LogP contribution in [0.5, 0.6) is 0 Å². The molecule has 2 aromatic heterocycles. The Hall–Kier alpha value is -3.67. The lowest BCUT2D eigenvalue weighted by Crippen LogP contribution is -2.30. The zero-order chi connectivity index (χ0) is 21.1. The third-order valence-electron chi connectivity index (χ3n) is 5.05. The van der Waals surface area contributed by atoms with Gasteiger partial charge < -0.3 is 14.4 Å². The van der Waals surface area contributed by atoms with Gasteiger partial charge in [0, 0.05) is 11.8 Å². The molecule has 0 aliphatic heterocycles. The molecule has 1 amide bonds. The highest BCUT2D eigenvalue weighted by atomic mass is 16.5. The number of carbonyl (C=O) groups excluding carboxylic acids is 1. The SMILES string of the molecule is Cc1ccc(-c2noc(-c3cccn3CC(=O)NC(C)c3ccc(C)cc3)n2)cc1. The quantitative estimate of drug-likeness (QED) is 0.509. The minimum Gasteiger partial charge on any atom is -0.348 e. The maximum absolute atomic E-state index is 12.6. The molecule has 0 saturated carbocycles. The topological polar surface area (TPSA) is 73.0 Å². The number of hydrogen-bond donors (Lipinski definition) is 1. The highest BCUT2D eigenvalue weighted by molar-refractivity contribution is 5.77.